The quantitative estimate of drug-likeness (QED) is 0.395. The van der Waals surface area contributed by atoms with Crippen LogP contribution in [0.15, 0.2) is 48.5 Å². The van der Waals surface area contributed by atoms with Crippen LogP contribution in [0.5, 0.6) is 5.75 Å². The third-order valence-corrected chi connectivity index (χ3v) is 5.09. The maximum atomic E-state index is 12.1. The van der Waals surface area contributed by atoms with Crippen molar-refractivity contribution < 1.29 is 24.2 Å². The van der Waals surface area contributed by atoms with E-state index in [4.69, 9.17) is 21.7 Å². The van der Waals surface area contributed by atoms with Gasteiger partial charge in [-0.05, 0) is 61.3 Å². The number of carbonyl (C=O) groups excluding carboxylic acids is 1. The molecule has 0 amide bonds. The molecule has 2 aromatic rings. The maximum Gasteiger partial charge on any atom is 0.338 e. The number of ether oxygens (including phenoxy) is 2. The average Bonchev–Trinajstić information content (AvgIpc) is 2.76. The van der Waals surface area contributed by atoms with Crippen molar-refractivity contribution in [2.75, 3.05) is 19.0 Å². The zero-order valence-corrected chi connectivity index (χ0v) is 19.6. The van der Waals surface area contributed by atoms with Gasteiger partial charge in [-0.25, -0.2) is 9.59 Å². The van der Waals surface area contributed by atoms with Crippen molar-refractivity contribution in [3.63, 3.8) is 0 Å². The van der Waals surface area contributed by atoms with Gasteiger partial charge in [0.25, 0.3) is 0 Å². The Bertz CT molecular complexity index is 930. The number of carboxylic acid groups (broad SMARTS) is 1. The van der Waals surface area contributed by atoms with Crippen LogP contribution >= 0.6 is 12.2 Å². The first-order valence-corrected chi connectivity index (χ1v) is 10.9. The Labute approximate surface area is 194 Å². The fraction of sp³-hybridized carbons (Fsp3) is 0.375. The molecular weight excluding hydrogens is 428 g/mol. The van der Waals surface area contributed by atoms with E-state index in [-0.39, 0.29) is 12.5 Å². The van der Waals surface area contributed by atoms with E-state index in [1.165, 1.54) is 0 Å². The van der Waals surface area contributed by atoms with E-state index in [0.29, 0.717) is 35.1 Å². The van der Waals surface area contributed by atoms with Gasteiger partial charge >= 0.3 is 11.9 Å². The Balaban J connectivity index is 2.29. The second-order valence-electron chi connectivity index (χ2n) is 7.69. The highest BCUT2D eigenvalue weighted by atomic mass is 32.1. The van der Waals surface area contributed by atoms with E-state index in [1.54, 1.807) is 49.3 Å². The molecule has 0 fully saturated rings. The third-order valence-electron chi connectivity index (χ3n) is 4.76. The van der Waals surface area contributed by atoms with Crippen LogP contribution in [0.2, 0.25) is 0 Å². The van der Waals surface area contributed by atoms with Crippen molar-refractivity contribution >= 4 is 35.0 Å². The molecule has 2 N–H and O–H groups in total. The van der Waals surface area contributed by atoms with E-state index < -0.39 is 18.0 Å². The number of carbonyl (C=O) groups is 2. The van der Waals surface area contributed by atoms with Crippen molar-refractivity contribution in [3.05, 3.63) is 59.7 Å². The summed E-state index contributed by atoms with van der Waals surface area (Å²) in [6.07, 6.45) is 0.427. The molecule has 172 valence electrons. The standard InChI is InChI=1S/C24H30N2O5S/c1-5-31-23(29)18-11-9-17(10-12-18)15-26(21(22(27)28)13-16(2)3)24(32)25-19-7-6-8-20(14-19)30-4/h6-12,14,16,21H,5,13,15H2,1-4H3,(H,25,32)(H,27,28). The Hall–Kier alpha value is -3.13. The van der Waals surface area contributed by atoms with Gasteiger partial charge < -0.3 is 24.8 Å². The summed E-state index contributed by atoms with van der Waals surface area (Å²) in [6.45, 7) is 6.26. The molecule has 0 saturated carbocycles. The number of benzene rings is 2. The molecule has 2 aromatic carbocycles. The van der Waals surface area contributed by atoms with Gasteiger partial charge in [-0.1, -0.05) is 32.0 Å². The number of hydrogen-bond donors (Lipinski definition) is 2. The van der Waals surface area contributed by atoms with E-state index in [0.717, 1.165) is 5.56 Å². The summed E-state index contributed by atoms with van der Waals surface area (Å²) < 4.78 is 10.3. The lowest BCUT2D eigenvalue weighted by Gasteiger charge is -2.32. The molecule has 0 heterocycles. The van der Waals surface area contributed by atoms with E-state index >= 15 is 0 Å². The van der Waals surface area contributed by atoms with Gasteiger partial charge in [0.1, 0.15) is 11.8 Å². The van der Waals surface area contributed by atoms with Crippen molar-refractivity contribution in [1.82, 2.24) is 4.90 Å². The third kappa shape index (κ3) is 7.23. The molecule has 8 heteroatoms. The summed E-state index contributed by atoms with van der Waals surface area (Å²) in [6, 6.07) is 13.3. The maximum absolute atomic E-state index is 12.1. The topological polar surface area (TPSA) is 88.1 Å². The average molecular weight is 459 g/mol. The van der Waals surface area contributed by atoms with Gasteiger partial charge in [0.15, 0.2) is 5.11 Å². The molecule has 0 aromatic heterocycles. The molecule has 2 rings (SSSR count). The summed E-state index contributed by atoms with van der Waals surface area (Å²) in [5, 5.41) is 13.4. The number of nitrogens with one attached hydrogen (secondary N) is 1. The number of methoxy groups -OCH3 is 1. The zero-order chi connectivity index (χ0) is 23.7. The molecule has 7 nitrogen and oxygen atoms in total. The van der Waals surface area contributed by atoms with E-state index in [1.807, 2.05) is 32.0 Å². The Morgan fingerprint density at radius 3 is 2.41 bits per heavy atom. The van der Waals surface area contributed by atoms with Gasteiger partial charge in [0.2, 0.25) is 0 Å². The van der Waals surface area contributed by atoms with Crippen molar-refractivity contribution in [2.24, 2.45) is 5.92 Å². The Morgan fingerprint density at radius 2 is 1.84 bits per heavy atom. The minimum Gasteiger partial charge on any atom is -0.497 e. The molecule has 1 atom stereocenters. The van der Waals surface area contributed by atoms with Crippen LogP contribution in [0.25, 0.3) is 0 Å². The van der Waals surface area contributed by atoms with Crippen LogP contribution in [0.3, 0.4) is 0 Å². The van der Waals surface area contributed by atoms with Crippen LogP contribution in [0.4, 0.5) is 5.69 Å². The van der Waals surface area contributed by atoms with Crippen molar-refractivity contribution in [1.29, 1.82) is 0 Å². The largest absolute Gasteiger partial charge is 0.497 e. The number of aliphatic carboxylic acids is 1. The summed E-state index contributed by atoms with van der Waals surface area (Å²) in [7, 11) is 1.58. The highest BCUT2D eigenvalue weighted by molar-refractivity contribution is 7.80. The lowest BCUT2D eigenvalue weighted by molar-refractivity contribution is -0.142. The molecule has 0 aliphatic carbocycles. The van der Waals surface area contributed by atoms with Gasteiger partial charge in [-0.3, -0.25) is 0 Å². The monoisotopic (exact) mass is 458 g/mol. The van der Waals surface area contributed by atoms with Gasteiger partial charge in [0, 0.05) is 18.3 Å². The van der Waals surface area contributed by atoms with Crippen LogP contribution in [-0.2, 0) is 16.1 Å². The highest BCUT2D eigenvalue weighted by Crippen LogP contribution is 2.21. The number of carboxylic acids is 1. The van der Waals surface area contributed by atoms with Gasteiger partial charge in [0.05, 0.1) is 19.3 Å². The lowest BCUT2D eigenvalue weighted by atomic mass is 10.0. The smallest absolute Gasteiger partial charge is 0.338 e. The van der Waals surface area contributed by atoms with Crippen molar-refractivity contribution in [2.45, 2.75) is 39.8 Å². The number of rotatable bonds is 10. The fourth-order valence-corrected chi connectivity index (χ4v) is 3.49. The van der Waals surface area contributed by atoms with Crippen molar-refractivity contribution in [3.8, 4) is 5.75 Å². The lowest BCUT2D eigenvalue weighted by Crippen LogP contribution is -2.47. The van der Waals surface area contributed by atoms with Crippen LogP contribution < -0.4 is 10.1 Å². The zero-order valence-electron chi connectivity index (χ0n) is 18.8. The molecule has 0 radical (unpaired) electrons. The number of esters is 1. The predicted molar refractivity (Wildman–Crippen MR) is 128 cm³/mol. The molecule has 0 spiro atoms. The Kier molecular flexibility index (Phi) is 9.46. The number of anilines is 1. The van der Waals surface area contributed by atoms with Gasteiger partial charge in [-0.15, -0.1) is 0 Å². The predicted octanol–water partition coefficient (Wildman–Crippen LogP) is 4.57. The Morgan fingerprint density at radius 1 is 1.16 bits per heavy atom. The molecule has 1 unspecified atom stereocenters. The SMILES string of the molecule is CCOC(=O)c1ccc(CN(C(=S)Nc2cccc(OC)c2)C(CC(C)C)C(=O)O)cc1. The number of nitrogens with zero attached hydrogens (tertiary/aromatic N) is 1. The summed E-state index contributed by atoms with van der Waals surface area (Å²) in [5.41, 5.74) is 1.96. The fourth-order valence-electron chi connectivity index (χ4n) is 3.18. The second kappa shape index (κ2) is 12.0. The number of thiocarbonyl (C=S) groups is 1. The van der Waals surface area contributed by atoms with Crippen LogP contribution in [-0.4, -0.2) is 46.8 Å². The van der Waals surface area contributed by atoms with Crippen LogP contribution in [0.1, 0.15) is 43.1 Å². The summed E-state index contributed by atoms with van der Waals surface area (Å²) in [4.78, 5) is 25.7. The summed E-state index contributed by atoms with van der Waals surface area (Å²) in [5.74, 6) is -0.522. The highest BCUT2D eigenvalue weighted by Gasteiger charge is 2.29. The summed E-state index contributed by atoms with van der Waals surface area (Å²) >= 11 is 5.62. The van der Waals surface area contributed by atoms with Gasteiger partial charge in [-0.2, -0.15) is 0 Å². The molecular formula is C24H30N2O5S. The first kappa shape index (κ1) is 25.1. The van der Waals surface area contributed by atoms with Crippen LogP contribution in [0, 0.1) is 5.92 Å². The molecule has 0 aliphatic heterocycles. The molecule has 0 aliphatic rings. The number of hydrogen-bond acceptors (Lipinski definition) is 5. The second-order valence-corrected chi connectivity index (χ2v) is 8.08. The normalized spacial score (nSPS) is 11.5. The molecule has 0 saturated heterocycles. The van der Waals surface area contributed by atoms with E-state index in [9.17, 15) is 14.7 Å². The minimum absolute atomic E-state index is 0.157. The first-order chi connectivity index (χ1) is 15.2. The molecule has 32 heavy (non-hydrogen) atoms. The minimum atomic E-state index is -0.948. The molecule has 0 bridgehead atoms. The van der Waals surface area contributed by atoms with E-state index in [2.05, 4.69) is 5.32 Å². The first-order valence-electron chi connectivity index (χ1n) is 10.5.